The Bertz CT molecular complexity index is 343. The van der Waals surface area contributed by atoms with Crippen LogP contribution in [0.2, 0.25) is 0 Å². The molecule has 0 aromatic rings. The van der Waals surface area contributed by atoms with Crippen LogP contribution in [0.3, 0.4) is 0 Å². The van der Waals surface area contributed by atoms with Crippen molar-refractivity contribution in [2.24, 2.45) is 4.99 Å². The first kappa shape index (κ1) is 14.2. The molecule has 0 radical (unpaired) electrons. The van der Waals surface area contributed by atoms with Crippen molar-refractivity contribution in [1.82, 2.24) is 0 Å². The fourth-order valence-corrected chi connectivity index (χ4v) is 1.05. The van der Waals surface area contributed by atoms with Gasteiger partial charge >= 0.3 is 5.97 Å². The van der Waals surface area contributed by atoms with Gasteiger partial charge in [0.15, 0.2) is 0 Å². The average Bonchev–Trinajstić information content (AvgIpc) is 2.11. The molecule has 3 nitrogen and oxygen atoms in total. The molecule has 15 heavy (non-hydrogen) atoms. The van der Waals surface area contributed by atoms with E-state index in [-0.39, 0.29) is 5.71 Å². The van der Waals surface area contributed by atoms with Crippen LogP contribution in [0.25, 0.3) is 0 Å². The van der Waals surface area contributed by atoms with Gasteiger partial charge < -0.3 is 5.11 Å². The van der Waals surface area contributed by atoms with Crippen molar-refractivity contribution in [3.8, 4) is 0 Å². The molecule has 0 aliphatic rings. The molecule has 0 bridgehead atoms. The number of carboxylic acid groups (broad SMARTS) is 1. The van der Waals surface area contributed by atoms with Gasteiger partial charge in [-0.1, -0.05) is 18.2 Å². The van der Waals surface area contributed by atoms with Crippen molar-refractivity contribution in [1.29, 1.82) is 0 Å². The Kier molecular flexibility index (Phi) is 5.61. The highest BCUT2D eigenvalue weighted by molar-refractivity contribution is 6.49. The van der Waals surface area contributed by atoms with Crippen LogP contribution in [0.1, 0.15) is 20.8 Å². The number of rotatable bonds is 4. The number of aliphatic imine (C=N–C) groups is 1. The van der Waals surface area contributed by atoms with Crippen molar-refractivity contribution in [3.63, 3.8) is 0 Å². The van der Waals surface area contributed by atoms with Crippen molar-refractivity contribution in [2.75, 3.05) is 0 Å². The maximum Gasteiger partial charge on any atom is 0.351 e. The zero-order chi connectivity index (χ0) is 12.2. The van der Waals surface area contributed by atoms with Crippen molar-refractivity contribution < 1.29 is 9.90 Å². The Morgan fingerprint density at radius 1 is 1.47 bits per heavy atom. The number of hydrogen-bond acceptors (Lipinski definition) is 2. The lowest BCUT2D eigenvalue weighted by Crippen LogP contribution is -2.21. The monoisotopic (exact) mass is 249 g/mol. The summed E-state index contributed by atoms with van der Waals surface area (Å²) in [7, 11) is 0. The number of halogens is 2. The zero-order valence-corrected chi connectivity index (χ0v) is 10.4. The second kappa shape index (κ2) is 5.93. The largest absolute Gasteiger partial charge is 0.477 e. The topological polar surface area (TPSA) is 49.7 Å². The Hall–Kier alpha value is -0.800. The third-order valence-electron chi connectivity index (χ3n) is 1.83. The maximum atomic E-state index is 10.8. The molecule has 1 atom stereocenters. The molecule has 0 saturated heterocycles. The zero-order valence-electron chi connectivity index (χ0n) is 8.84. The molecule has 0 heterocycles. The Morgan fingerprint density at radius 3 is 2.20 bits per heavy atom. The number of carbonyl (C=O) groups is 1. The number of aliphatic carboxylic acids is 1. The predicted octanol–water partition coefficient (Wildman–Crippen LogP) is 3.19. The molecule has 0 amide bonds. The molecule has 0 aromatic carbocycles. The van der Waals surface area contributed by atoms with Gasteiger partial charge in [-0.15, -0.1) is 11.6 Å². The van der Waals surface area contributed by atoms with Gasteiger partial charge in [0.25, 0.3) is 0 Å². The minimum absolute atomic E-state index is 0.105. The summed E-state index contributed by atoms with van der Waals surface area (Å²) < 4.78 is 0. The third kappa shape index (κ3) is 4.49. The summed E-state index contributed by atoms with van der Waals surface area (Å²) in [6, 6.07) is 0. The first-order valence-corrected chi connectivity index (χ1v) is 5.07. The Labute approximate surface area is 99.1 Å². The summed E-state index contributed by atoms with van der Waals surface area (Å²) >= 11 is 11.3. The van der Waals surface area contributed by atoms with Crippen molar-refractivity contribution >= 4 is 34.9 Å². The van der Waals surface area contributed by atoms with E-state index in [2.05, 4.69) is 11.6 Å². The molecule has 0 fully saturated rings. The quantitative estimate of drug-likeness (QED) is 0.473. The van der Waals surface area contributed by atoms with E-state index in [1.807, 2.05) is 0 Å². The van der Waals surface area contributed by atoms with E-state index in [0.29, 0.717) is 16.3 Å². The highest BCUT2D eigenvalue weighted by Gasteiger charge is 2.16. The highest BCUT2D eigenvalue weighted by Crippen LogP contribution is 2.17. The lowest BCUT2D eigenvalue weighted by atomic mass is 10.2. The third-order valence-corrected chi connectivity index (χ3v) is 2.32. The maximum absolute atomic E-state index is 10.8. The number of allylic oxidation sites excluding steroid dienone is 3. The molecule has 84 valence electrons. The molecule has 5 heteroatoms. The molecule has 0 rings (SSSR count). The SMILES string of the molecule is C=C(Cl)/C(C)=C(/C)N=C(C(=O)O)C(C)Cl. The second-order valence-electron chi connectivity index (χ2n) is 3.03. The Balaban J connectivity index is 5.26. The molecule has 1 unspecified atom stereocenters. The minimum atomic E-state index is -1.13. The normalized spacial score (nSPS) is 15.7. The van der Waals surface area contributed by atoms with Gasteiger partial charge in [0.2, 0.25) is 0 Å². The first-order chi connectivity index (χ1) is 6.77. The van der Waals surface area contributed by atoms with Gasteiger partial charge in [0.1, 0.15) is 5.71 Å². The van der Waals surface area contributed by atoms with Crippen LogP contribution in [0, 0.1) is 0 Å². The molecule has 0 aromatic heterocycles. The summed E-state index contributed by atoms with van der Waals surface area (Å²) in [6.07, 6.45) is 0. The van der Waals surface area contributed by atoms with Crippen LogP contribution in [0.5, 0.6) is 0 Å². The van der Waals surface area contributed by atoms with E-state index < -0.39 is 11.3 Å². The van der Waals surface area contributed by atoms with E-state index in [9.17, 15) is 4.79 Å². The summed E-state index contributed by atoms with van der Waals surface area (Å²) in [5.74, 6) is -1.13. The smallest absolute Gasteiger partial charge is 0.351 e. The molecular formula is C10H13Cl2NO2. The fourth-order valence-electron chi connectivity index (χ4n) is 0.768. The van der Waals surface area contributed by atoms with Gasteiger partial charge in [-0.05, 0) is 26.3 Å². The van der Waals surface area contributed by atoms with Crippen LogP contribution in [0.15, 0.2) is 27.9 Å². The van der Waals surface area contributed by atoms with Crippen molar-refractivity contribution in [3.05, 3.63) is 22.9 Å². The van der Waals surface area contributed by atoms with Crippen LogP contribution < -0.4 is 0 Å². The summed E-state index contributed by atoms with van der Waals surface area (Å²) in [5.41, 5.74) is 1.04. The molecule has 0 spiro atoms. The van der Waals surface area contributed by atoms with E-state index in [1.54, 1.807) is 20.8 Å². The number of alkyl halides is 1. The summed E-state index contributed by atoms with van der Waals surface area (Å²) in [6.45, 7) is 8.45. The number of hydrogen-bond donors (Lipinski definition) is 1. The van der Waals surface area contributed by atoms with Gasteiger partial charge in [-0.3, -0.25) is 0 Å². The predicted molar refractivity (Wildman–Crippen MR) is 63.8 cm³/mol. The second-order valence-corrected chi connectivity index (χ2v) is 4.14. The van der Waals surface area contributed by atoms with Gasteiger partial charge in [-0.25, -0.2) is 9.79 Å². The fraction of sp³-hybridized carbons (Fsp3) is 0.400. The van der Waals surface area contributed by atoms with E-state index in [0.717, 1.165) is 0 Å². The summed E-state index contributed by atoms with van der Waals surface area (Å²) in [4.78, 5) is 14.7. The van der Waals surface area contributed by atoms with Gasteiger partial charge in [0.05, 0.1) is 5.38 Å². The molecule has 1 N–H and O–H groups in total. The van der Waals surface area contributed by atoms with E-state index in [1.165, 1.54) is 0 Å². The van der Waals surface area contributed by atoms with Crippen LogP contribution >= 0.6 is 23.2 Å². The summed E-state index contributed by atoms with van der Waals surface area (Å²) in [5, 5.41) is 8.50. The van der Waals surface area contributed by atoms with E-state index in [4.69, 9.17) is 28.3 Å². The standard InChI is InChI=1S/C10H13Cl2NO2/c1-5(6(2)11)8(4)13-9(7(3)12)10(14)15/h7H,2H2,1,3-4H3,(H,14,15)/b8-5-,13-9?. The van der Waals surface area contributed by atoms with Gasteiger partial charge in [0, 0.05) is 10.7 Å². The molecule has 0 saturated carbocycles. The lowest BCUT2D eigenvalue weighted by Gasteiger charge is -2.05. The number of carboxylic acids is 1. The van der Waals surface area contributed by atoms with Gasteiger partial charge in [-0.2, -0.15) is 0 Å². The number of nitrogens with zero attached hydrogens (tertiary/aromatic N) is 1. The average molecular weight is 250 g/mol. The van der Waals surface area contributed by atoms with Crippen LogP contribution in [-0.4, -0.2) is 22.2 Å². The van der Waals surface area contributed by atoms with Crippen LogP contribution in [-0.2, 0) is 4.79 Å². The molecule has 0 aliphatic carbocycles. The minimum Gasteiger partial charge on any atom is -0.477 e. The lowest BCUT2D eigenvalue weighted by molar-refractivity contribution is -0.129. The molecule has 0 aliphatic heterocycles. The molecular weight excluding hydrogens is 237 g/mol. The Morgan fingerprint density at radius 2 is 1.93 bits per heavy atom. The first-order valence-electron chi connectivity index (χ1n) is 4.25. The van der Waals surface area contributed by atoms with Crippen LogP contribution in [0.4, 0.5) is 0 Å². The van der Waals surface area contributed by atoms with Crippen molar-refractivity contribution in [2.45, 2.75) is 26.1 Å². The van der Waals surface area contributed by atoms with E-state index >= 15 is 0 Å². The highest BCUT2D eigenvalue weighted by atomic mass is 35.5.